The molecule has 1 heterocycles. The molecule has 5 nitrogen and oxygen atoms in total. The van der Waals surface area contributed by atoms with E-state index >= 15 is 0 Å². The molecule has 0 aromatic carbocycles. The fraction of sp³-hybridized carbons (Fsp3) is 0.538. The molecule has 1 aromatic heterocycles. The highest BCUT2D eigenvalue weighted by molar-refractivity contribution is 5.77. The Bertz CT molecular complexity index is 355. The second-order valence-electron chi connectivity index (χ2n) is 4.18. The largest absolute Gasteiger partial charge is 0.358 e. The number of hydrogen-bond donors (Lipinski definition) is 2. The molecule has 0 spiro atoms. The minimum atomic E-state index is 0.00536. The Labute approximate surface area is 108 Å². The van der Waals surface area contributed by atoms with Crippen molar-refractivity contribution in [3.63, 3.8) is 0 Å². The first kappa shape index (κ1) is 14.6. The summed E-state index contributed by atoms with van der Waals surface area (Å²) in [5.74, 6) is 0.00536. The van der Waals surface area contributed by atoms with Gasteiger partial charge < -0.3 is 11.1 Å². The number of nitrogens with one attached hydrogen (secondary N) is 1. The van der Waals surface area contributed by atoms with Gasteiger partial charge in [-0.25, -0.2) is 0 Å². The highest BCUT2D eigenvalue weighted by atomic mass is 16.1. The summed E-state index contributed by atoms with van der Waals surface area (Å²) in [6.07, 6.45) is 4.53. The van der Waals surface area contributed by atoms with Crippen molar-refractivity contribution in [1.29, 1.82) is 0 Å². The van der Waals surface area contributed by atoms with E-state index in [1.165, 1.54) is 0 Å². The summed E-state index contributed by atoms with van der Waals surface area (Å²) in [5.41, 5.74) is 6.91. The molecule has 3 N–H and O–H groups in total. The van der Waals surface area contributed by atoms with Gasteiger partial charge in [0.2, 0.25) is 5.91 Å². The average Bonchev–Trinajstić information content (AvgIpc) is 2.41. The van der Waals surface area contributed by atoms with E-state index in [1.807, 2.05) is 18.3 Å². The number of rotatable bonds is 7. The Morgan fingerprint density at radius 2 is 2.39 bits per heavy atom. The molecule has 100 valence electrons. The number of amides is 1. The second-order valence-corrected chi connectivity index (χ2v) is 4.18. The summed E-state index contributed by atoms with van der Waals surface area (Å²) in [7, 11) is 1.65. The highest BCUT2D eigenvalue weighted by Crippen LogP contribution is 2.18. The van der Waals surface area contributed by atoms with Crippen LogP contribution in [0.2, 0.25) is 0 Å². The van der Waals surface area contributed by atoms with Crippen LogP contribution < -0.4 is 11.1 Å². The highest BCUT2D eigenvalue weighted by Gasteiger charge is 2.20. The van der Waals surface area contributed by atoms with Crippen molar-refractivity contribution in [2.45, 2.75) is 19.4 Å². The maximum absolute atomic E-state index is 11.5. The molecule has 0 bridgehead atoms. The van der Waals surface area contributed by atoms with Gasteiger partial charge in [0.1, 0.15) is 0 Å². The average molecular weight is 250 g/mol. The first-order valence-corrected chi connectivity index (χ1v) is 6.27. The Morgan fingerprint density at radius 3 is 2.89 bits per heavy atom. The molecule has 1 amide bonds. The normalized spacial score (nSPS) is 12.4. The lowest BCUT2D eigenvalue weighted by molar-refractivity contribution is -0.122. The molecule has 5 heteroatoms. The molecule has 0 aliphatic carbocycles. The monoisotopic (exact) mass is 250 g/mol. The van der Waals surface area contributed by atoms with Gasteiger partial charge in [-0.1, -0.05) is 13.0 Å². The molecule has 18 heavy (non-hydrogen) atoms. The zero-order chi connectivity index (χ0) is 13.4. The number of carbonyl (C=O) groups is 1. The van der Waals surface area contributed by atoms with E-state index in [0.717, 1.165) is 18.5 Å². The quantitative estimate of drug-likeness (QED) is 0.741. The SMILES string of the molecule is CCCN(CC(=O)NC)C(CN)c1cccnc1. The maximum atomic E-state index is 11.5. The second kappa shape index (κ2) is 7.79. The molecular formula is C13H22N4O. The fourth-order valence-corrected chi connectivity index (χ4v) is 1.96. The standard InChI is InChI=1S/C13H22N4O/c1-3-7-17(10-13(18)15-2)12(8-14)11-5-4-6-16-9-11/h4-6,9,12H,3,7-8,10,14H2,1-2H3,(H,15,18). The van der Waals surface area contributed by atoms with Gasteiger partial charge in [-0.05, 0) is 24.6 Å². The minimum absolute atomic E-state index is 0.00536. The van der Waals surface area contributed by atoms with E-state index < -0.39 is 0 Å². The van der Waals surface area contributed by atoms with Gasteiger partial charge in [0.25, 0.3) is 0 Å². The smallest absolute Gasteiger partial charge is 0.233 e. The van der Waals surface area contributed by atoms with Crippen LogP contribution in [0.1, 0.15) is 24.9 Å². The van der Waals surface area contributed by atoms with Crippen LogP contribution in [0, 0.1) is 0 Å². The Kier molecular flexibility index (Phi) is 6.32. The Morgan fingerprint density at radius 1 is 1.61 bits per heavy atom. The topological polar surface area (TPSA) is 71.2 Å². The van der Waals surface area contributed by atoms with Gasteiger partial charge >= 0.3 is 0 Å². The molecule has 1 rings (SSSR count). The molecule has 0 saturated carbocycles. The third-order valence-electron chi connectivity index (χ3n) is 2.87. The van der Waals surface area contributed by atoms with Crippen LogP contribution in [0.15, 0.2) is 24.5 Å². The third kappa shape index (κ3) is 4.09. The van der Waals surface area contributed by atoms with Gasteiger partial charge in [-0.15, -0.1) is 0 Å². The van der Waals surface area contributed by atoms with E-state index in [0.29, 0.717) is 13.1 Å². The van der Waals surface area contributed by atoms with Crippen molar-refractivity contribution in [1.82, 2.24) is 15.2 Å². The van der Waals surface area contributed by atoms with Crippen molar-refractivity contribution in [3.05, 3.63) is 30.1 Å². The molecule has 0 aliphatic heterocycles. The van der Waals surface area contributed by atoms with Gasteiger partial charge in [0.15, 0.2) is 0 Å². The first-order valence-electron chi connectivity index (χ1n) is 6.27. The zero-order valence-corrected chi connectivity index (χ0v) is 11.1. The van der Waals surface area contributed by atoms with Crippen molar-refractivity contribution in [2.75, 3.05) is 26.7 Å². The first-order chi connectivity index (χ1) is 8.72. The van der Waals surface area contributed by atoms with Crippen molar-refractivity contribution in [2.24, 2.45) is 5.73 Å². The Balaban J connectivity index is 2.83. The number of hydrogen-bond acceptors (Lipinski definition) is 4. The maximum Gasteiger partial charge on any atom is 0.233 e. The minimum Gasteiger partial charge on any atom is -0.358 e. The van der Waals surface area contributed by atoms with Crippen LogP contribution in [0.5, 0.6) is 0 Å². The van der Waals surface area contributed by atoms with Gasteiger partial charge in [0, 0.05) is 32.0 Å². The Hall–Kier alpha value is -1.46. The fourth-order valence-electron chi connectivity index (χ4n) is 1.96. The van der Waals surface area contributed by atoms with Gasteiger partial charge in [0.05, 0.1) is 6.54 Å². The van der Waals surface area contributed by atoms with E-state index in [-0.39, 0.29) is 11.9 Å². The summed E-state index contributed by atoms with van der Waals surface area (Å²) in [4.78, 5) is 17.7. The van der Waals surface area contributed by atoms with E-state index in [4.69, 9.17) is 5.73 Å². The lowest BCUT2D eigenvalue weighted by Crippen LogP contribution is -2.41. The van der Waals surface area contributed by atoms with Crippen molar-refractivity contribution >= 4 is 5.91 Å². The van der Waals surface area contributed by atoms with Gasteiger partial charge in [-0.2, -0.15) is 0 Å². The molecule has 1 aromatic rings. The van der Waals surface area contributed by atoms with Crippen LogP contribution in [0.4, 0.5) is 0 Å². The molecule has 0 aliphatic rings. The van der Waals surface area contributed by atoms with E-state index in [1.54, 1.807) is 13.2 Å². The summed E-state index contributed by atoms with van der Waals surface area (Å²) >= 11 is 0. The molecule has 1 unspecified atom stereocenters. The molecule has 1 atom stereocenters. The van der Waals surface area contributed by atoms with Crippen LogP contribution in [0.25, 0.3) is 0 Å². The zero-order valence-electron chi connectivity index (χ0n) is 11.1. The number of pyridine rings is 1. The summed E-state index contributed by atoms with van der Waals surface area (Å²) < 4.78 is 0. The number of nitrogens with zero attached hydrogens (tertiary/aromatic N) is 2. The lowest BCUT2D eigenvalue weighted by Gasteiger charge is -2.30. The predicted molar refractivity (Wildman–Crippen MR) is 72.0 cm³/mol. The van der Waals surface area contributed by atoms with Crippen molar-refractivity contribution < 1.29 is 4.79 Å². The molecular weight excluding hydrogens is 228 g/mol. The number of nitrogens with two attached hydrogens (primary N) is 1. The summed E-state index contributed by atoms with van der Waals surface area (Å²) in [5, 5.41) is 2.65. The van der Waals surface area contributed by atoms with Crippen LogP contribution in [-0.2, 0) is 4.79 Å². The molecule has 0 radical (unpaired) electrons. The molecule has 0 fully saturated rings. The number of carbonyl (C=O) groups excluding carboxylic acids is 1. The van der Waals surface area contributed by atoms with Crippen LogP contribution in [0.3, 0.4) is 0 Å². The van der Waals surface area contributed by atoms with E-state index in [9.17, 15) is 4.79 Å². The van der Waals surface area contributed by atoms with Crippen LogP contribution >= 0.6 is 0 Å². The third-order valence-corrected chi connectivity index (χ3v) is 2.87. The molecule has 0 saturated heterocycles. The lowest BCUT2D eigenvalue weighted by atomic mass is 10.1. The van der Waals surface area contributed by atoms with Crippen molar-refractivity contribution in [3.8, 4) is 0 Å². The number of aromatic nitrogens is 1. The van der Waals surface area contributed by atoms with Crippen LogP contribution in [-0.4, -0.2) is 42.5 Å². The predicted octanol–water partition coefficient (Wildman–Crippen LogP) is 0.539. The summed E-state index contributed by atoms with van der Waals surface area (Å²) in [6.45, 7) is 3.77. The van der Waals surface area contributed by atoms with Gasteiger partial charge in [-0.3, -0.25) is 14.7 Å². The van der Waals surface area contributed by atoms with E-state index in [2.05, 4.69) is 22.1 Å². The summed E-state index contributed by atoms with van der Waals surface area (Å²) in [6, 6.07) is 3.93. The number of likely N-dealkylation sites (N-methyl/N-ethyl adjacent to an activating group) is 1.